The Bertz CT molecular complexity index is 410. The molecule has 0 amide bonds. The van der Waals surface area contributed by atoms with Gasteiger partial charge in [0.05, 0.1) is 12.1 Å². The molecule has 1 aromatic carbocycles. The summed E-state index contributed by atoms with van der Waals surface area (Å²) in [6.45, 7) is 1.02. The molecule has 1 N–H and O–H groups in total. The van der Waals surface area contributed by atoms with Crippen LogP contribution in [0.15, 0.2) is 30.3 Å². The van der Waals surface area contributed by atoms with Crippen molar-refractivity contribution < 1.29 is 9.90 Å². The summed E-state index contributed by atoms with van der Waals surface area (Å²) in [6.07, 6.45) is 4.41. The SMILES string of the molecule is CN(CC(=O)Cc1ccccc1)CC1(O)CCCC1. The van der Waals surface area contributed by atoms with E-state index in [1.807, 2.05) is 42.3 Å². The topological polar surface area (TPSA) is 40.5 Å². The lowest BCUT2D eigenvalue weighted by Gasteiger charge is -2.28. The molecule has 1 aliphatic carbocycles. The molecule has 19 heavy (non-hydrogen) atoms. The van der Waals surface area contributed by atoms with Gasteiger partial charge in [0, 0.05) is 13.0 Å². The number of nitrogens with zero attached hydrogens (tertiary/aromatic N) is 1. The molecule has 1 fully saturated rings. The van der Waals surface area contributed by atoms with Gasteiger partial charge in [-0.05, 0) is 25.5 Å². The second-order valence-corrected chi connectivity index (χ2v) is 5.80. The molecule has 0 aromatic heterocycles. The van der Waals surface area contributed by atoms with E-state index in [2.05, 4.69) is 0 Å². The van der Waals surface area contributed by atoms with Gasteiger partial charge in [-0.1, -0.05) is 43.2 Å². The van der Waals surface area contributed by atoms with Crippen molar-refractivity contribution in [3.8, 4) is 0 Å². The number of hydrogen-bond acceptors (Lipinski definition) is 3. The summed E-state index contributed by atoms with van der Waals surface area (Å²) in [6, 6.07) is 9.81. The van der Waals surface area contributed by atoms with Crippen LogP contribution < -0.4 is 0 Å². The van der Waals surface area contributed by atoms with Crippen LogP contribution in [0.2, 0.25) is 0 Å². The Morgan fingerprint density at radius 2 is 1.89 bits per heavy atom. The Labute approximate surface area is 115 Å². The van der Waals surface area contributed by atoms with Crippen LogP contribution in [0.25, 0.3) is 0 Å². The molecule has 0 unspecified atom stereocenters. The molecule has 0 heterocycles. The Hall–Kier alpha value is -1.19. The summed E-state index contributed by atoms with van der Waals surface area (Å²) >= 11 is 0. The van der Waals surface area contributed by atoms with Crippen molar-refractivity contribution in [2.24, 2.45) is 0 Å². The second kappa shape index (κ2) is 6.31. The van der Waals surface area contributed by atoms with E-state index in [1.165, 1.54) is 0 Å². The Morgan fingerprint density at radius 1 is 1.26 bits per heavy atom. The van der Waals surface area contributed by atoms with Gasteiger partial charge >= 0.3 is 0 Å². The second-order valence-electron chi connectivity index (χ2n) is 5.80. The highest BCUT2D eigenvalue weighted by atomic mass is 16.3. The first-order valence-electron chi connectivity index (χ1n) is 7.04. The standard InChI is InChI=1S/C16H23NO2/c1-17(13-16(19)9-5-6-10-16)12-15(18)11-14-7-3-2-4-8-14/h2-4,7-8,19H,5-6,9-13H2,1H3. The summed E-state index contributed by atoms with van der Waals surface area (Å²) < 4.78 is 0. The summed E-state index contributed by atoms with van der Waals surface area (Å²) in [4.78, 5) is 13.9. The number of aliphatic hydroxyl groups is 1. The third-order valence-corrected chi connectivity index (χ3v) is 3.79. The van der Waals surface area contributed by atoms with Crippen LogP contribution in [0.3, 0.4) is 0 Å². The van der Waals surface area contributed by atoms with Gasteiger partial charge in [-0.3, -0.25) is 9.69 Å². The third kappa shape index (κ3) is 4.44. The van der Waals surface area contributed by atoms with Gasteiger partial charge in [0.1, 0.15) is 0 Å². The molecule has 0 atom stereocenters. The number of carbonyl (C=O) groups excluding carboxylic acids is 1. The number of ketones is 1. The van der Waals surface area contributed by atoms with Crippen molar-refractivity contribution in [1.82, 2.24) is 4.90 Å². The quantitative estimate of drug-likeness (QED) is 0.852. The van der Waals surface area contributed by atoms with Crippen LogP contribution in [-0.2, 0) is 11.2 Å². The molecule has 0 aliphatic heterocycles. The van der Waals surface area contributed by atoms with E-state index in [1.54, 1.807) is 0 Å². The molecule has 3 heteroatoms. The van der Waals surface area contributed by atoms with E-state index < -0.39 is 5.60 Å². The average molecular weight is 261 g/mol. The molecule has 3 nitrogen and oxygen atoms in total. The van der Waals surface area contributed by atoms with E-state index >= 15 is 0 Å². The largest absolute Gasteiger partial charge is 0.389 e. The highest BCUT2D eigenvalue weighted by Crippen LogP contribution is 2.29. The molecule has 1 aliphatic rings. The fraction of sp³-hybridized carbons (Fsp3) is 0.562. The molecule has 1 aromatic rings. The van der Waals surface area contributed by atoms with Crippen molar-refractivity contribution in [3.63, 3.8) is 0 Å². The summed E-state index contributed by atoms with van der Waals surface area (Å²) in [7, 11) is 1.92. The maximum absolute atomic E-state index is 12.0. The predicted molar refractivity (Wildman–Crippen MR) is 76.1 cm³/mol. The summed E-state index contributed by atoms with van der Waals surface area (Å²) in [5, 5.41) is 10.3. The minimum absolute atomic E-state index is 0.204. The van der Waals surface area contributed by atoms with Crippen molar-refractivity contribution in [3.05, 3.63) is 35.9 Å². The van der Waals surface area contributed by atoms with Crippen molar-refractivity contribution in [1.29, 1.82) is 0 Å². The number of rotatable bonds is 6. The smallest absolute Gasteiger partial charge is 0.151 e. The first-order chi connectivity index (χ1) is 9.07. The number of benzene rings is 1. The molecule has 1 saturated carbocycles. The third-order valence-electron chi connectivity index (χ3n) is 3.79. The van der Waals surface area contributed by atoms with Crippen molar-refractivity contribution >= 4 is 5.78 Å². The minimum Gasteiger partial charge on any atom is -0.389 e. The highest BCUT2D eigenvalue weighted by Gasteiger charge is 2.32. The van der Waals surface area contributed by atoms with Crippen molar-refractivity contribution in [2.45, 2.75) is 37.7 Å². The highest BCUT2D eigenvalue weighted by molar-refractivity contribution is 5.82. The number of hydrogen-bond donors (Lipinski definition) is 1. The Morgan fingerprint density at radius 3 is 2.53 bits per heavy atom. The van der Waals surface area contributed by atoms with Crippen LogP contribution >= 0.6 is 0 Å². The number of Topliss-reactive ketones (excluding diaryl/α,β-unsaturated/α-hetero) is 1. The molecule has 104 valence electrons. The van der Waals surface area contributed by atoms with E-state index in [0.717, 1.165) is 31.2 Å². The molecule has 0 bridgehead atoms. The molecule has 0 radical (unpaired) electrons. The Balaban J connectivity index is 1.78. The van der Waals surface area contributed by atoms with E-state index in [0.29, 0.717) is 19.5 Å². The van der Waals surface area contributed by atoms with Crippen molar-refractivity contribution in [2.75, 3.05) is 20.1 Å². The predicted octanol–water partition coefficient (Wildman–Crippen LogP) is 2.04. The Kier molecular flexibility index (Phi) is 4.72. The van der Waals surface area contributed by atoms with E-state index in [9.17, 15) is 9.90 Å². The average Bonchev–Trinajstić information content (AvgIpc) is 2.76. The maximum atomic E-state index is 12.0. The summed E-state index contributed by atoms with van der Waals surface area (Å²) in [5.41, 5.74) is 0.488. The minimum atomic E-state index is -0.568. The fourth-order valence-electron chi connectivity index (χ4n) is 2.93. The lowest BCUT2D eigenvalue weighted by atomic mass is 10.0. The fourth-order valence-corrected chi connectivity index (χ4v) is 2.93. The molecule has 0 spiro atoms. The zero-order valence-corrected chi connectivity index (χ0v) is 11.6. The zero-order valence-electron chi connectivity index (χ0n) is 11.6. The lowest BCUT2D eigenvalue weighted by molar-refractivity contribution is -0.119. The van der Waals surface area contributed by atoms with Gasteiger partial charge in [-0.2, -0.15) is 0 Å². The van der Waals surface area contributed by atoms with Crippen LogP contribution in [0.1, 0.15) is 31.2 Å². The molecule has 0 saturated heterocycles. The van der Waals surface area contributed by atoms with E-state index in [-0.39, 0.29) is 5.78 Å². The first-order valence-corrected chi connectivity index (χ1v) is 7.04. The van der Waals surface area contributed by atoms with Gasteiger partial charge in [0.25, 0.3) is 0 Å². The normalized spacial score (nSPS) is 17.8. The van der Waals surface area contributed by atoms with Gasteiger partial charge in [0.15, 0.2) is 5.78 Å². The number of carbonyl (C=O) groups is 1. The monoisotopic (exact) mass is 261 g/mol. The van der Waals surface area contributed by atoms with E-state index in [4.69, 9.17) is 0 Å². The molecule has 2 rings (SSSR count). The first kappa shape index (κ1) is 14.2. The number of likely N-dealkylation sites (N-methyl/N-ethyl adjacent to an activating group) is 1. The lowest BCUT2D eigenvalue weighted by Crippen LogP contribution is -2.41. The molecular weight excluding hydrogens is 238 g/mol. The van der Waals surface area contributed by atoms with Gasteiger partial charge < -0.3 is 5.11 Å². The molecular formula is C16H23NO2. The van der Waals surface area contributed by atoms with Crippen LogP contribution in [0.5, 0.6) is 0 Å². The van der Waals surface area contributed by atoms with Gasteiger partial charge in [0.2, 0.25) is 0 Å². The van der Waals surface area contributed by atoms with Gasteiger partial charge in [-0.25, -0.2) is 0 Å². The zero-order chi connectivity index (χ0) is 13.7. The maximum Gasteiger partial charge on any atom is 0.151 e. The van der Waals surface area contributed by atoms with Crippen LogP contribution in [0, 0.1) is 0 Å². The summed E-state index contributed by atoms with van der Waals surface area (Å²) in [5.74, 6) is 0.204. The van der Waals surface area contributed by atoms with Gasteiger partial charge in [-0.15, -0.1) is 0 Å². The van der Waals surface area contributed by atoms with Crippen LogP contribution in [-0.4, -0.2) is 41.5 Å². The van der Waals surface area contributed by atoms with Crippen LogP contribution in [0.4, 0.5) is 0 Å².